The summed E-state index contributed by atoms with van der Waals surface area (Å²) < 4.78 is 30.2. The van der Waals surface area contributed by atoms with E-state index < -0.39 is 10.0 Å². The van der Waals surface area contributed by atoms with Gasteiger partial charge in [-0.15, -0.1) is 0 Å². The van der Waals surface area contributed by atoms with Gasteiger partial charge in [0.1, 0.15) is 0 Å². The molecule has 1 aromatic carbocycles. The van der Waals surface area contributed by atoms with Gasteiger partial charge in [0, 0.05) is 32.4 Å². The number of sulfonamides is 1. The molecule has 35 heavy (non-hydrogen) atoms. The number of rotatable bonds is 4. The Hall–Kier alpha value is -2.71. The third kappa shape index (κ3) is 4.16. The van der Waals surface area contributed by atoms with Crippen LogP contribution in [0.3, 0.4) is 0 Å². The lowest BCUT2D eigenvalue weighted by atomic mass is 9.90. The van der Waals surface area contributed by atoms with E-state index in [0.29, 0.717) is 23.5 Å². The number of pyridine rings is 1. The van der Waals surface area contributed by atoms with Gasteiger partial charge in [0.25, 0.3) is 5.91 Å². The normalized spacial score (nSPS) is 19.8. The fourth-order valence-corrected chi connectivity index (χ4v) is 7.48. The molecule has 0 bridgehead atoms. The van der Waals surface area contributed by atoms with Crippen molar-refractivity contribution in [3.8, 4) is 0 Å². The highest BCUT2D eigenvalue weighted by Gasteiger charge is 2.31. The van der Waals surface area contributed by atoms with Crippen LogP contribution in [-0.4, -0.2) is 59.3 Å². The van der Waals surface area contributed by atoms with Crippen LogP contribution in [0.5, 0.6) is 0 Å². The minimum Gasteiger partial charge on any atom is -0.339 e. The van der Waals surface area contributed by atoms with Crippen LogP contribution in [0.15, 0.2) is 47.6 Å². The van der Waals surface area contributed by atoms with Crippen LogP contribution in [0.2, 0.25) is 0 Å². The molecule has 184 valence electrons. The van der Waals surface area contributed by atoms with E-state index in [-0.39, 0.29) is 11.8 Å². The molecule has 2 aromatic heterocycles. The fourth-order valence-electron chi connectivity index (χ4n) is 5.96. The molecule has 3 aliphatic rings. The van der Waals surface area contributed by atoms with E-state index in [1.54, 1.807) is 21.1 Å². The second-order valence-corrected chi connectivity index (χ2v) is 12.1. The van der Waals surface area contributed by atoms with Crippen molar-refractivity contribution in [1.29, 1.82) is 0 Å². The van der Waals surface area contributed by atoms with Gasteiger partial charge in [-0.3, -0.25) is 4.79 Å². The number of hydrogen-bond acceptors (Lipinski definition) is 4. The fraction of sp³-hybridized carbons (Fsp3) is 0.481. The standard InChI is InChI=1S/C27H32N4O3S/c32-27(29-12-3-4-13-29)25-19-28-31-16-11-23(18-26(25)31)21-9-14-30(15-10-21)35(33,34)24-8-7-20-5-1-2-6-22(20)17-24/h7-8,11,16-19,21H,1-6,9-10,12-15H2. The van der Waals surface area contributed by atoms with Gasteiger partial charge in [-0.05, 0) is 98.2 Å². The van der Waals surface area contributed by atoms with Crippen molar-refractivity contribution < 1.29 is 13.2 Å². The molecule has 6 rings (SSSR count). The van der Waals surface area contributed by atoms with Crippen molar-refractivity contribution >= 4 is 21.4 Å². The molecule has 0 radical (unpaired) electrons. The van der Waals surface area contributed by atoms with Crippen molar-refractivity contribution in [2.24, 2.45) is 0 Å². The Bertz CT molecular complexity index is 1370. The third-order valence-electron chi connectivity index (χ3n) is 8.05. The summed E-state index contributed by atoms with van der Waals surface area (Å²) in [4.78, 5) is 15.3. The summed E-state index contributed by atoms with van der Waals surface area (Å²) in [6.45, 7) is 2.64. The number of aromatic nitrogens is 2. The summed E-state index contributed by atoms with van der Waals surface area (Å²) in [5.74, 6) is 0.320. The predicted molar refractivity (Wildman–Crippen MR) is 134 cm³/mol. The maximum atomic E-state index is 13.4. The number of piperidine rings is 1. The highest BCUT2D eigenvalue weighted by atomic mass is 32.2. The summed E-state index contributed by atoms with van der Waals surface area (Å²) in [5.41, 5.74) is 5.14. The molecule has 3 aromatic rings. The minimum absolute atomic E-state index is 0.0561. The molecule has 0 atom stereocenters. The average molecular weight is 493 g/mol. The lowest BCUT2D eigenvalue weighted by Gasteiger charge is -2.31. The van der Waals surface area contributed by atoms with Crippen LogP contribution >= 0.6 is 0 Å². The summed E-state index contributed by atoms with van der Waals surface area (Å²) in [5, 5.41) is 4.39. The van der Waals surface area contributed by atoms with E-state index in [2.05, 4.69) is 17.2 Å². The lowest BCUT2D eigenvalue weighted by Crippen LogP contribution is -2.38. The summed E-state index contributed by atoms with van der Waals surface area (Å²) >= 11 is 0. The zero-order valence-corrected chi connectivity index (χ0v) is 20.8. The zero-order valence-electron chi connectivity index (χ0n) is 20.0. The first-order chi connectivity index (χ1) is 17.0. The Morgan fingerprint density at radius 1 is 0.886 bits per heavy atom. The van der Waals surface area contributed by atoms with Gasteiger partial charge in [0.2, 0.25) is 10.0 Å². The van der Waals surface area contributed by atoms with Gasteiger partial charge < -0.3 is 4.90 Å². The largest absolute Gasteiger partial charge is 0.339 e. The average Bonchev–Trinajstić information content (AvgIpc) is 3.58. The van der Waals surface area contributed by atoms with Crippen LogP contribution in [-0.2, 0) is 22.9 Å². The first-order valence-corrected chi connectivity index (χ1v) is 14.3. The highest BCUT2D eigenvalue weighted by molar-refractivity contribution is 7.89. The van der Waals surface area contributed by atoms with Crippen molar-refractivity contribution in [2.75, 3.05) is 26.2 Å². The smallest absolute Gasteiger partial charge is 0.257 e. The molecule has 0 unspecified atom stereocenters. The number of benzene rings is 1. The number of fused-ring (bicyclic) bond motifs is 2. The van der Waals surface area contributed by atoms with Gasteiger partial charge in [0.05, 0.1) is 22.2 Å². The molecule has 1 aliphatic carbocycles. The van der Waals surface area contributed by atoms with Crippen LogP contribution in [0.25, 0.3) is 5.52 Å². The van der Waals surface area contributed by atoms with Crippen molar-refractivity contribution in [3.63, 3.8) is 0 Å². The number of amides is 1. The number of nitrogens with zero attached hydrogens (tertiary/aromatic N) is 4. The van der Waals surface area contributed by atoms with Gasteiger partial charge in [-0.1, -0.05) is 6.07 Å². The molecular weight excluding hydrogens is 460 g/mol. The summed E-state index contributed by atoms with van der Waals surface area (Å²) in [6, 6.07) is 9.84. The van der Waals surface area contributed by atoms with E-state index >= 15 is 0 Å². The Labute approximate surface area is 206 Å². The lowest BCUT2D eigenvalue weighted by molar-refractivity contribution is 0.0794. The Kier molecular flexibility index (Phi) is 5.89. The topological polar surface area (TPSA) is 75.0 Å². The van der Waals surface area contributed by atoms with Gasteiger partial charge in [-0.25, -0.2) is 12.9 Å². The SMILES string of the molecule is O=C(c1cnn2ccc(C3CCN(S(=O)(=O)c4ccc5c(c4)CCCC5)CC3)cc12)N1CCCC1. The Balaban J connectivity index is 1.18. The van der Waals surface area contributed by atoms with Crippen molar-refractivity contribution in [3.05, 3.63) is 65.0 Å². The van der Waals surface area contributed by atoms with Crippen LogP contribution in [0.1, 0.15) is 71.5 Å². The van der Waals surface area contributed by atoms with Gasteiger partial charge >= 0.3 is 0 Å². The number of aryl methyl sites for hydroxylation is 2. The van der Waals surface area contributed by atoms with Crippen LogP contribution < -0.4 is 0 Å². The molecule has 4 heterocycles. The monoisotopic (exact) mass is 492 g/mol. The van der Waals surface area contributed by atoms with Gasteiger partial charge in [-0.2, -0.15) is 9.40 Å². The second-order valence-electron chi connectivity index (χ2n) is 10.2. The quantitative estimate of drug-likeness (QED) is 0.551. The summed E-state index contributed by atoms with van der Waals surface area (Å²) in [7, 11) is -3.49. The van der Waals surface area contributed by atoms with Crippen LogP contribution in [0.4, 0.5) is 0 Å². The van der Waals surface area contributed by atoms with Gasteiger partial charge in [0.15, 0.2) is 0 Å². The Morgan fingerprint density at radius 3 is 2.40 bits per heavy atom. The molecule has 7 nitrogen and oxygen atoms in total. The van der Waals surface area contributed by atoms with Crippen molar-refractivity contribution in [1.82, 2.24) is 18.8 Å². The second kappa shape index (κ2) is 9.06. The number of carbonyl (C=O) groups excluding carboxylic acids is 1. The zero-order chi connectivity index (χ0) is 24.0. The number of carbonyl (C=O) groups is 1. The maximum absolute atomic E-state index is 13.4. The molecule has 2 aliphatic heterocycles. The number of likely N-dealkylation sites (tertiary alicyclic amines) is 1. The maximum Gasteiger partial charge on any atom is 0.257 e. The van der Waals surface area contributed by atoms with E-state index in [1.807, 2.05) is 23.2 Å². The van der Waals surface area contributed by atoms with E-state index in [0.717, 1.165) is 69.1 Å². The van der Waals surface area contributed by atoms with E-state index in [9.17, 15) is 13.2 Å². The molecule has 2 saturated heterocycles. The van der Waals surface area contributed by atoms with E-state index in [1.165, 1.54) is 17.5 Å². The molecule has 2 fully saturated rings. The highest BCUT2D eigenvalue weighted by Crippen LogP contribution is 2.33. The Morgan fingerprint density at radius 2 is 1.63 bits per heavy atom. The molecule has 0 N–H and O–H groups in total. The third-order valence-corrected chi connectivity index (χ3v) is 9.95. The molecule has 0 saturated carbocycles. The molecule has 8 heteroatoms. The molecule has 0 spiro atoms. The predicted octanol–water partition coefficient (Wildman–Crippen LogP) is 4.02. The van der Waals surface area contributed by atoms with Crippen LogP contribution in [0, 0.1) is 0 Å². The summed E-state index contributed by atoms with van der Waals surface area (Å²) in [6.07, 6.45) is 11.6. The first kappa shape index (κ1) is 22.7. The molecular formula is C27H32N4O3S. The van der Waals surface area contributed by atoms with E-state index in [4.69, 9.17) is 0 Å². The minimum atomic E-state index is -3.49. The van der Waals surface area contributed by atoms with Crippen molar-refractivity contribution in [2.45, 2.75) is 62.2 Å². The first-order valence-electron chi connectivity index (χ1n) is 12.9. The number of hydrogen-bond donors (Lipinski definition) is 0. The molecule has 1 amide bonds.